The van der Waals surface area contributed by atoms with Crippen molar-refractivity contribution >= 4 is 21.8 Å². The summed E-state index contributed by atoms with van der Waals surface area (Å²) in [5.74, 6) is 0. The highest BCUT2D eigenvalue weighted by atomic mass is 16.5. The van der Waals surface area contributed by atoms with Crippen LogP contribution < -0.4 is 11.1 Å². The van der Waals surface area contributed by atoms with Crippen molar-refractivity contribution in [2.75, 3.05) is 0 Å². The van der Waals surface area contributed by atoms with Gasteiger partial charge in [-0.3, -0.25) is 9.59 Å². The highest BCUT2D eigenvalue weighted by molar-refractivity contribution is 5.84. The third-order valence-electron chi connectivity index (χ3n) is 5.94. The molecule has 0 spiro atoms. The maximum atomic E-state index is 11.7. The number of rotatable bonds is 2. The van der Waals surface area contributed by atoms with Crippen LogP contribution in [-0.2, 0) is 49.1 Å². The van der Waals surface area contributed by atoms with E-state index >= 15 is 0 Å². The minimum absolute atomic E-state index is 0.0223. The molecular weight excluding hydrogens is 412 g/mol. The second kappa shape index (κ2) is 8.33. The average molecular weight is 434 g/mol. The Bertz CT molecular complexity index is 1340. The summed E-state index contributed by atoms with van der Waals surface area (Å²) in [5, 5.41) is 20.1. The van der Waals surface area contributed by atoms with E-state index in [1.165, 1.54) is 0 Å². The zero-order valence-electron chi connectivity index (χ0n) is 17.2. The fourth-order valence-corrected chi connectivity index (χ4v) is 4.25. The van der Waals surface area contributed by atoms with Gasteiger partial charge in [-0.2, -0.15) is 0 Å². The first kappa shape index (κ1) is 20.6. The Labute approximate surface area is 182 Å². The van der Waals surface area contributed by atoms with Gasteiger partial charge >= 0.3 is 0 Å². The number of ether oxygens (including phenoxy) is 2. The lowest BCUT2D eigenvalue weighted by Crippen LogP contribution is -2.12. The molecule has 4 aromatic rings. The van der Waals surface area contributed by atoms with Crippen LogP contribution in [0.4, 0.5) is 0 Å². The summed E-state index contributed by atoms with van der Waals surface area (Å²) in [5.41, 5.74) is 6.34. The summed E-state index contributed by atoms with van der Waals surface area (Å²) < 4.78 is 10.6. The molecule has 4 N–H and O–H groups in total. The summed E-state index contributed by atoms with van der Waals surface area (Å²) in [6, 6.07) is 11.2. The highest BCUT2D eigenvalue weighted by Gasteiger charge is 2.19. The predicted octanol–water partition coefficient (Wildman–Crippen LogP) is 2.10. The summed E-state index contributed by atoms with van der Waals surface area (Å²) >= 11 is 0. The van der Waals surface area contributed by atoms with Crippen molar-refractivity contribution in [1.82, 2.24) is 9.97 Å². The van der Waals surface area contributed by atoms with Crippen LogP contribution in [-0.4, -0.2) is 20.2 Å². The minimum atomic E-state index is -0.0879. The van der Waals surface area contributed by atoms with Crippen molar-refractivity contribution < 1.29 is 19.7 Å². The summed E-state index contributed by atoms with van der Waals surface area (Å²) in [6.07, 6.45) is 0. The highest BCUT2D eigenvalue weighted by Crippen LogP contribution is 2.26. The van der Waals surface area contributed by atoms with E-state index in [-0.39, 0.29) is 24.3 Å². The Morgan fingerprint density at radius 3 is 1.47 bits per heavy atom. The van der Waals surface area contributed by atoms with E-state index < -0.39 is 0 Å². The molecule has 0 amide bonds. The van der Waals surface area contributed by atoms with E-state index in [1.54, 1.807) is 12.1 Å². The van der Waals surface area contributed by atoms with Crippen LogP contribution in [0.5, 0.6) is 0 Å². The van der Waals surface area contributed by atoms with Gasteiger partial charge in [-0.15, -0.1) is 0 Å². The molecule has 0 aliphatic carbocycles. The molecule has 8 nitrogen and oxygen atoms in total. The topological polar surface area (TPSA) is 125 Å². The van der Waals surface area contributed by atoms with E-state index in [9.17, 15) is 9.59 Å². The van der Waals surface area contributed by atoms with Gasteiger partial charge in [0.15, 0.2) is 0 Å². The van der Waals surface area contributed by atoms with E-state index in [4.69, 9.17) is 19.7 Å². The molecule has 8 heteroatoms. The molecule has 2 aromatic heterocycles. The zero-order valence-corrected chi connectivity index (χ0v) is 17.2. The van der Waals surface area contributed by atoms with Crippen LogP contribution in [0.3, 0.4) is 0 Å². The number of aliphatic hydroxyl groups is 2. The predicted molar refractivity (Wildman–Crippen MR) is 118 cm³/mol. The van der Waals surface area contributed by atoms with E-state index in [1.807, 2.05) is 24.3 Å². The van der Waals surface area contributed by atoms with Crippen LogP contribution in [0.25, 0.3) is 21.8 Å². The van der Waals surface area contributed by atoms with Gasteiger partial charge in [-0.25, -0.2) is 0 Å². The van der Waals surface area contributed by atoms with E-state index in [0.29, 0.717) is 26.4 Å². The van der Waals surface area contributed by atoms with Crippen LogP contribution in [0, 0.1) is 0 Å². The lowest BCUT2D eigenvalue weighted by Gasteiger charge is -2.05. The standard InChI is InChI=1S/2C12H11NO3/c2*14-4-7-1-2-8-9-5-16-6-10(9)12(15)13-11(8)3-7/h2*1-3,14H,4-6H2,(H,13,15). The Hall–Kier alpha value is -3.30. The number of aliphatic hydroxyl groups excluding tert-OH is 2. The molecule has 0 unspecified atom stereocenters. The van der Waals surface area contributed by atoms with Gasteiger partial charge < -0.3 is 29.7 Å². The van der Waals surface area contributed by atoms with Crippen molar-refractivity contribution in [2.24, 2.45) is 0 Å². The van der Waals surface area contributed by atoms with Gasteiger partial charge in [0.05, 0.1) is 39.6 Å². The monoisotopic (exact) mass is 434 g/mol. The van der Waals surface area contributed by atoms with E-state index in [0.717, 1.165) is 55.2 Å². The Morgan fingerprint density at radius 2 is 1.06 bits per heavy atom. The van der Waals surface area contributed by atoms with Crippen LogP contribution in [0.2, 0.25) is 0 Å². The average Bonchev–Trinajstić information content (AvgIpc) is 3.50. The molecule has 0 atom stereocenters. The zero-order chi connectivity index (χ0) is 22.2. The van der Waals surface area contributed by atoms with Crippen LogP contribution in [0.1, 0.15) is 33.4 Å². The number of H-pyrrole nitrogens is 2. The molecular formula is C24H22N2O6. The summed E-state index contributed by atoms with van der Waals surface area (Å²) in [4.78, 5) is 29.1. The minimum Gasteiger partial charge on any atom is -0.392 e. The number of nitrogens with one attached hydrogen (secondary N) is 2. The number of hydrogen-bond acceptors (Lipinski definition) is 6. The Kier molecular flexibility index (Phi) is 5.36. The first-order valence-electron chi connectivity index (χ1n) is 10.3. The second-order valence-electron chi connectivity index (χ2n) is 7.88. The van der Waals surface area contributed by atoms with Crippen molar-refractivity contribution in [2.45, 2.75) is 39.6 Å². The number of fused-ring (bicyclic) bond motifs is 6. The lowest BCUT2D eigenvalue weighted by molar-refractivity contribution is 0.134. The number of pyridine rings is 2. The number of hydrogen-bond donors (Lipinski definition) is 4. The normalized spacial score (nSPS) is 14.3. The van der Waals surface area contributed by atoms with E-state index in [2.05, 4.69) is 9.97 Å². The molecule has 2 aliphatic heterocycles. The lowest BCUT2D eigenvalue weighted by atomic mass is 10.0. The van der Waals surface area contributed by atoms with Gasteiger partial charge in [0, 0.05) is 32.9 Å². The molecule has 0 fully saturated rings. The SMILES string of the molecule is O=c1[nH]c2cc(CO)ccc2c2c1COC2.O=c1[nH]c2cc(CO)ccc2c2c1COC2. The van der Waals surface area contributed by atoms with Crippen LogP contribution in [0.15, 0.2) is 46.0 Å². The molecule has 2 aromatic carbocycles. The van der Waals surface area contributed by atoms with Crippen LogP contribution >= 0.6 is 0 Å². The van der Waals surface area contributed by atoms with Gasteiger partial charge in [0.2, 0.25) is 0 Å². The molecule has 6 rings (SSSR count). The third kappa shape index (κ3) is 3.53. The molecule has 0 saturated heterocycles. The van der Waals surface area contributed by atoms with Gasteiger partial charge in [-0.05, 0) is 34.4 Å². The van der Waals surface area contributed by atoms with Gasteiger partial charge in [0.1, 0.15) is 0 Å². The summed E-state index contributed by atoms with van der Waals surface area (Å²) in [6.45, 7) is 1.73. The molecule has 0 radical (unpaired) electrons. The maximum Gasteiger partial charge on any atom is 0.254 e. The number of aromatic amines is 2. The van der Waals surface area contributed by atoms with Crippen molar-refractivity contribution in [1.29, 1.82) is 0 Å². The summed E-state index contributed by atoms with van der Waals surface area (Å²) in [7, 11) is 0. The maximum absolute atomic E-state index is 11.7. The quantitative estimate of drug-likeness (QED) is 0.383. The molecule has 32 heavy (non-hydrogen) atoms. The van der Waals surface area contributed by atoms with Crippen molar-refractivity contribution in [3.63, 3.8) is 0 Å². The number of benzene rings is 2. The molecule has 4 heterocycles. The first-order chi connectivity index (χ1) is 15.6. The Morgan fingerprint density at radius 1 is 0.656 bits per heavy atom. The number of aromatic nitrogens is 2. The van der Waals surface area contributed by atoms with Crippen molar-refractivity contribution in [3.05, 3.63) is 90.5 Å². The van der Waals surface area contributed by atoms with Crippen molar-refractivity contribution in [3.8, 4) is 0 Å². The fraction of sp³-hybridized carbons (Fsp3) is 0.250. The van der Waals surface area contributed by atoms with Gasteiger partial charge in [-0.1, -0.05) is 24.3 Å². The fourth-order valence-electron chi connectivity index (χ4n) is 4.25. The largest absolute Gasteiger partial charge is 0.392 e. The molecule has 0 saturated carbocycles. The first-order valence-corrected chi connectivity index (χ1v) is 10.3. The van der Waals surface area contributed by atoms with Gasteiger partial charge in [0.25, 0.3) is 11.1 Å². The molecule has 164 valence electrons. The molecule has 0 bridgehead atoms. The second-order valence-corrected chi connectivity index (χ2v) is 7.88. The smallest absolute Gasteiger partial charge is 0.254 e. The molecule has 2 aliphatic rings. The third-order valence-corrected chi connectivity index (χ3v) is 5.94. The Balaban J connectivity index is 0.000000135.